The van der Waals surface area contributed by atoms with Crippen LogP contribution in [0.5, 0.6) is 0 Å². The molecule has 1 heteroatoms. The van der Waals surface area contributed by atoms with Crippen molar-refractivity contribution in [1.82, 2.24) is 0 Å². The topological polar surface area (TPSA) is 17.1 Å². The Bertz CT molecular complexity index is 284. The average molecular weight is 176 g/mol. The van der Waals surface area contributed by atoms with Gasteiger partial charge >= 0.3 is 0 Å². The van der Waals surface area contributed by atoms with Gasteiger partial charge < -0.3 is 4.79 Å². The summed E-state index contributed by atoms with van der Waals surface area (Å²) in [5.74, 6) is 0.603. The maximum absolute atomic E-state index is 10.9. The van der Waals surface area contributed by atoms with E-state index in [4.69, 9.17) is 0 Å². The summed E-state index contributed by atoms with van der Waals surface area (Å²) >= 11 is 0. The molecule has 0 unspecified atom stereocenters. The smallest absolute Gasteiger partial charge is 0.130 e. The summed E-state index contributed by atoms with van der Waals surface area (Å²) in [5, 5.41) is 0. The molecule has 13 heavy (non-hydrogen) atoms. The van der Waals surface area contributed by atoms with Gasteiger partial charge in [0, 0.05) is 6.42 Å². The molecule has 0 aliphatic carbocycles. The lowest BCUT2D eigenvalue weighted by Gasteiger charge is -2.09. The van der Waals surface area contributed by atoms with E-state index in [-0.39, 0.29) is 5.78 Å². The van der Waals surface area contributed by atoms with Gasteiger partial charge in [-0.25, -0.2) is 0 Å². The molecule has 0 heterocycles. The van der Waals surface area contributed by atoms with Crippen LogP contribution in [0.4, 0.5) is 0 Å². The molecule has 1 aromatic rings. The van der Waals surface area contributed by atoms with E-state index in [1.54, 1.807) is 6.92 Å². The van der Waals surface area contributed by atoms with Crippen molar-refractivity contribution in [2.45, 2.75) is 33.1 Å². The van der Waals surface area contributed by atoms with E-state index in [2.05, 4.69) is 38.1 Å². The zero-order chi connectivity index (χ0) is 9.84. The predicted molar refractivity (Wildman–Crippen MR) is 54.9 cm³/mol. The quantitative estimate of drug-likeness (QED) is 0.691. The Morgan fingerprint density at radius 3 is 2.31 bits per heavy atom. The third kappa shape index (κ3) is 3.02. The second-order valence-corrected chi connectivity index (χ2v) is 3.72. The van der Waals surface area contributed by atoms with Crippen LogP contribution in [0.1, 0.15) is 37.3 Å². The van der Waals surface area contributed by atoms with Crippen molar-refractivity contribution in [3.8, 4) is 0 Å². The Hall–Kier alpha value is -1.11. The summed E-state index contributed by atoms with van der Waals surface area (Å²) < 4.78 is 0. The molecule has 0 spiro atoms. The van der Waals surface area contributed by atoms with Crippen LogP contribution in [-0.4, -0.2) is 5.78 Å². The zero-order valence-electron chi connectivity index (χ0n) is 8.50. The molecule has 0 aliphatic heterocycles. The van der Waals surface area contributed by atoms with Crippen molar-refractivity contribution in [2.24, 2.45) is 0 Å². The summed E-state index contributed by atoms with van der Waals surface area (Å²) in [4.78, 5) is 10.9. The van der Waals surface area contributed by atoms with Gasteiger partial charge in [0.25, 0.3) is 0 Å². The SMILES string of the molecule is CC(=O)C[C@@H](C)c1ccc(C)cc1. The largest absolute Gasteiger partial charge is 0.300 e. The summed E-state index contributed by atoms with van der Waals surface area (Å²) in [6.45, 7) is 5.80. The van der Waals surface area contributed by atoms with Gasteiger partial charge in [0.05, 0.1) is 0 Å². The lowest BCUT2D eigenvalue weighted by molar-refractivity contribution is -0.117. The van der Waals surface area contributed by atoms with E-state index < -0.39 is 0 Å². The van der Waals surface area contributed by atoms with Gasteiger partial charge in [-0.05, 0) is 25.3 Å². The molecule has 0 saturated heterocycles. The van der Waals surface area contributed by atoms with Crippen LogP contribution < -0.4 is 0 Å². The third-order valence-electron chi connectivity index (χ3n) is 2.24. The second kappa shape index (κ2) is 4.22. The molecule has 0 radical (unpaired) electrons. The van der Waals surface area contributed by atoms with Crippen LogP contribution >= 0.6 is 0 Å². The van der Waals surface area contributed by atoms with E-state index in [1.807, 2.05) is 0 Å². The van der Waals surface area contributed by atoms with E-state index >= 15 is 0 Å². The predicted octanol–water partition coefficient (Wildman–Crippen LogP) is 3.08. The first-order valence-electron chi connectivity index (χ1n) is 4.65. The summed E-state index contributed by atoms with van der Waals surface area (Å²) in [6, 6.07) is 8.38. The molecule has 70 valence electrons. The Kier molecular flexibility index (Phi) is 3.24. The first-order valence-corrected chi connectivity index (χ1v) is 4.65. The highest BCUT2D eigenvalue weighted by Crippen LogP contribution is 2.19. The monoisotopic (exact) mass is 176 g/mol. The van der Waals surface area contributed by atoms with Crippen molar-refractivity contribution < 1.29 is 4.79 Å². The Morgan fingerprint density at radius 1 is 1.31 bits per heavy atom. The average Bonchev–Trinajstić information content (AvgIpc) is 2.04. The van der Waals surface area contributed by atoms with Crippen LogP contribution in [0.2, 0.25) is 0 Å². The summed E-state index contributed by atoms with van der Waals surface area (Å²) in [7, 11) is 0. The Balaban J connectivity index is 2.71. The molecule has 0 fully saturated rings. The Labute approximate surface area is 79.8 Å². The highest BCUT2D eigenvalue weighted by atomic mass is 16.1. The lowest BCUT2D eigenvalue weighted by atomic mass is 9.95. The van der Waals surface area contributed by atoms with Gasteiger partial charge in [0.2, 0.25) is 0 Å². The molecule has 0 bridgehead atoms. The fourth-order valence-corrected chi connectivity index (χ4v) is 1.44. The number of benzene rings is 1. The first kappa shape index (κ1) is 9.97. The number of Topliss-reactive ketones (excluding diaryl/α,β-unsaturated/α-hetero) is 1. The molecule has 1 nitrogen and oxygen atoms in total. The maximum atomic E-state index is 10.9. The number of hydrogen-bond donors (Lipinski definition) is 0. The number of aryl methyl sites for hydroxylation is 1. The molecule has 0 amide bonds. The minimum Gasteiger partial charge on any atom is -0.300 e. The molecule has 0 aromatic heterocycles. The van der Waals surface area contributed by atoms with Gasteiger partial charge in [-0.15, -0.1) is 0 Å². The molecular weight excluding hydrogens is 160 g/mol. The highest BCUT2D eigenvalue weighted by molar-refractivity contribution is 5.76. The summed E-state index contributed by atoms with van der Waals surface area (Å²) in [6.07, 6.45) is 0.642. The van der Waals surface area contributed by atoms with Gasteiger partial charge in [0.1, 0.15) is 5.78 Å². The fourth-order valence-electron chi connectivity index (χ4n) is 1.44. The lowest BCUT2D eigenvalue weighted by Crippen LogP contribution is -1.99. The van der Waals surface area contributed by atoms with Crippen molar-refractivity contribution in [3.05, 3.63) is 35.4 Å². The van der Waals surface area contributed by atoms with E-state index in [9.17, 15) is 4.79 Å². The van der Waals surface area contributed by atoms with Crippen LogP contribution in [0.25, 0.3) is 0 Å². The van der Waals surface area contributed by atoms with Crippen LogP contribution in [0, 0.1) is 6.92 Å². The molecular formula is C12H16O. The van der Waals surface area contributed by atoms with Gasteiger partial charge in [-0.1, -0.05) is 36.8 Å². The maximum Gasteiger partial charge on any atom is 0.130 e. The molecule has 0 aliphatic rings. The van der Waals surface area contributed by atoms with Crippen LogP contribution in [0.3, 0.4) is 0 Å². The molecule has 1 atom stereocenters. The molecule has 0 N–H and O–H groups in total. The number of hydrogen-bond acceptors (Lipinski definition) is 1. The normalized spacial score (nSPS) is 12.5. The number of ketones is 1. The minimum absolute atomic E-state index is 0.257. The van der Waals surface area contributed by atoms with E-state index in [1.165, 1.54) is 11.1 Å². The number of carbonyl (C=O) groups excluding carboxylic acids is 1. The van der Waals surface area contributed by atoms with Crippen molar-refractivity contribution in [1.29, 1.82) is 0 Å². The highest BCUT2D eigenvalue weighted by Gasteiger charge is 2.06. The standard InChI is InChI=1S/C12H16O/c1-9-4-6-12(7-5-9)10(2)8-11(3)13/h4-7,10H,8H2,1-3H3/t10-/m1/s1. The molecule has 0 saturated carbocycles. The van der Waals surface area contributed by atoms with Crippen molar-refractivity contribution >= 4 is 5.78 Å². The fraction of sp³-hybridized carbons (Fsp3) is 0.417. The Morgan fingerprint density at radius 2 is 1.85 bits per heavy atom. The van der Waals surface area contributed by atoms with Crippen LogP contribution in [0.15, 0.2) is 24.3 Å². The number of rotatable bonds is 3. The van der Waals surface area contributed by atoms with Crippen LogP contribution in [-0.2, 0) is 4.79 Å². The zero-order valence-corrected chi connectivity index (χ0v) is 8.50. The van der Waals surface area contributed by atoms with Crippen molar-refractivity contribution in [3.63, 3.8) is 0 Å². The summed E-state index contributed by atoms with van der Waals surface area (Å²) in [5.41, 5.74) is 2.51. The van der Waals surface area contributed by atoms with E-state index in [0.29, 0.717) is 12.3 Å². The molecule has 1 rings (SSSR count). The van der Waals surface area contributed by atoms with Gasteiger partial charge in [-0.2, -0.15) is 0 Å². The number of carbonyl (C=O) groups is 1. The first-order chi connectivity index (χ1) is 6.09. The minimum atomic E-state index is 0.257. The van der Waals surface area contributed by atoms with Gasteiger partial charge in [-0.3, -0.25) is 0 Å². The molecule has 1 aromatic carbocycles. The third-order valence-corrected chi connectivity index (χ3v) is 2.24. The van der Waals surface area contributed by atoms with Crippen molar-refractivity contribution in [2.75, 3.05) is 0 Å². The second-order valence-electron chi connectivity index (χ2n) is 3.72. The van der Waals surface area contributed by atoms with E-state index in [0.717, 1.165) is 0 Å². The van der Waals surface area contributed by atoms with Gasteiger partial charge in [0.15, 0.2) is 0 Å².